The average Bonchev–Trinajstić information content (AvgIpc) is 3.47. The number of fused-ring (bicyclic) bond motifs is 1. The molecule has 1 aliphatic heterocycles. The molecule has 4 rings (SSSR count). The Labute approximate surface area is 194 Å². The van der Waals surface area contributed by atoms with Crippen molar-refractivity contribution in [3.05, 3.63) is 59.3 Å². The number of benzene rings is 2. The van der Waals surface area contributed by atoms with Gasteiger partial charge in [-0.25, -0.2) is 4.99 Å². The Morgan fingerprint density at radius 1 is 1.09 bits per heavy atom. The molecule has 0 amide bonds. The Morgan fingerprint density at radius 2 is 1.88 bits per heavy atom. The maximum Gasteiger partial charge on any atom is 0.161 e. The molecule has 0 radical (unpaired) electrons. The third-order valence-corrected chi connectivity index (χ3v) is 5.68. The summed E-state index contributed by atoms with van der Waals surface area (Å²) in [7, 11) is 0. The number of nitrogens with zero attached hydrogens (tertiary/aromatic N) is 2. The first-order valence-electron chi connectivity index (χ1n) is 11.4. The first-order valence-corrected chi connectivity index (χ1v) is 11.4. The molecule has 2 aromatic carbocycles. The van der Waals surface area contributed by atoms with E-state index < -0.39 is 0 Å². The molecular weight excluding hydrogens is 416 g/mol. The number of nitrogens with one attached hydrogen (secondary N) is 2. The number of rotatable bonds is 10. The number of aromatic nitrogens is 1. The van der Waals surface area contributed by atoms with E-state index in [0.29, 0.717) is 26.3 Å². The third kappa shape index (κ3) is 4.94. The molecule has 174 valence electrons. The van der Waals surface area contributed by atoms with Gasteiger partial charge in [0, 0.05) is 40.3 Å². The van der Waals surface area contributed by atoms with Gasteiger partial charge in [-0.15, -0.1) is 0 Å². The SMILES string of the molecule is CCOc1ccc(C2=NC(c3cccc4[nH]cc(CNC(C)(C)CO)c34)=NC2)cc1OCC. The molecular formula is C26H32N4O3. The fraction of sp³-hybridized carbons (Fsp3) is 0.385. The summed E-state index contributed by atoms with van der Waals surface area (Å²) in [6.45, 7) is 10.2. The second-order valence-electron chi connectivity index (χ2n) is 8.66. The van der Waals surface area contributed by atoms with Gasteiger partial charge in [-0.3, -0.25) is 4.99 Å². The molecule has 0 spiro atoms. The molecule has 0 saturated heterocycles. The van der Waals surface area contributed by atoms with Gasteiger partial charge in [0.2, 0.25) is 0 Å². The summed E-state index contributed by atoms with van der Waals surface area (Å²) in [5, 5.41) is 14.1. The van der Waals surface area contributed by atoms with Crippen LogP contribution in [0.5, 0.6) is 11.5 Å². The predicted molar refractivity (Wildman–Crippen MR) is 133 cm³/mol. The van der Waals surface area contributed by atoms with Crippen molar-refractivity contribution in [1.82, 2.24) is 10.3 Å². The van der Waals surface area contributed by atoms with Crippen molar-refractivity contribution in [1.29, 1.82) is 0 Å². The van der Waals surface area contributed by atoms with Crippen molar-refractivity contribution in [2.24, 2.45) is 9.98 Å². The van der Waals surface area contributed by atoms with Crippen LogP contribution in [-0.4, -0.2) is 53.5 Å². The van der Waals surface area contributed by atoms with Crippen LogP contribution in [-0.2, 0) is 6.54 Å². The van der Waals surface area contributed by atoms with Gasteiger partial charge in [0.05, 0.1) is 32.1 Å². The van der Waals surface area contributed by atoms with Crippen LogP contribution in [0.15, 0.2) is 52.6 Å². The van der Waals surface area contributed by atoms with Crippen molar-refractivity contribution in [2.75, 3.05) is 26.4 Å². The van der Waals surface area contributed by atoms with Gasteiger partial charge >= 0.3 is 0 Å². The fourth-order valence-electron chi connectivity index (χ4n) is 3.85. The molecule has 1 aromatic heterocycles. The number of aliphatic hydroxyl groups excluding tert-OH is 1. The molecule has 1 aliphatic rings. The van der Waals surface area contributed by atoms with E-state index in [-0.39, 0.29) is 12.1 Å². The van der Waals surface area contributed by atoms with E-state index in [1.54, 1.807) is 0 Å². The van der Waals surface area contributed by atoms with E-state index in [9.17, 15) is 5.11 Å². The largest absolute Gasteiger partial charge is 0.490 e. The number of H-pyrrole nitrogens is 1. The molecule has 0 aliphatic carbocycles. The molecule has 7 heteroatoms. The Hall–Kier alpha value is -3.16. The summed E-state index contributed by atoms with van der Waals surface area (Å²) in [5.41, 5.74) is 4.68. The highest BCUT2D eigenvalue weighted by atomic mass is 16.5. The van der Waals surface area contributed by atoms with Crippen LogP contribution in [0.3, 0.4) is 0 Å². The van der Waals surface area contributed by atoms with Crippen molar-refractivity contribution >= 4 is 22.5 Å². The highest BCUT2D eigenvalue weighted by molar-refractivity contribution is 6.21. The van der Waals surface area contributed by atoms with Crippen LogP contribution >= 0.6 is 0 Å². The predicted octanol–water partition coefficient (Wildman–Crippen LogP) is 4.08. The van der Waals surface area contributed by atoms with E-state index in [1.807, 2.05) is 58.2 Å². The zero-order valence-electron chi connectivity index (χ0n) is 19.7. The minimum absolute atomic E-state index is 0.0639. The normalized spacial score (nSPS) is 13.8. The summed E-state index contributed by atoms with van der Waals surface area (Å²) in [5.74, 6) is 2.19. The van der Waals surface area contributed by atoms with Crippen LogP contribution in [0.2, 0.25) is 0 Å². The molecule has 3 N–H and O–H groups in total. The molecule has 3 aromatic rings. The molecule has 0 unspecified atom stereocenters. The lowest BCUT2D eigenvalue weighted by Crippen LogP contribution is -2.42. The molecule has 7 nitrogen and oxygen atoms in total. The van der Waals surface area contributed by atoms with E-state index in [0.717, 1.165) is 50.6 Å². The summed E-state index contributed by atoms with van der Waals surface area (Å²) >= 11 is 0. The molecule has 0 fully saturated rings. The lowest BCUT2D eigenvalue weighted by molar-refractivity contribution is 0.187. The second-order valence-corrected chi connectivity index (χ2v) is 8.66. The Balaban J connectivity index is 1.65. The van der Waals surface area contributed by atoms with Gasteiger partial charge in [-0.1, -0.05) is 12.1 Å². The van der Waals surface area contributed by atoms with E-state index >= 15 is 0 Å². The first-order chi connectivity index (χ1) is 16.0. The Morgan fingerprint density at radius 3 is 2.64 bits per heavy atom. The summed E-state index contributed by atoms with van der Waals surface area (Å²) in [4.78, 5) is 13.0. The smallest absolute Gasteiger partial charge is 0.161 e. The van der Waals surface area contributed by atoms with Crippen molar-refractivity contribution < 1.29 is 14.6 Å². The van der Waals surface area contributed by atoms with Crippen LogP contribution in [0.1, 0.15) is 44.4 Å². The Bertz CT molecular complexity index is 1190. The van der Waals surface area contributed by atoms with Crippen molar-refractivity contribution in [3.8, 4) is 11.5 Å². The number of aliphatic imine (C=N–C) groups is 2. The first kappa shape index (κ1) is 23.0. The molecule has 0 bridgehead atoms. The number of aromatic amines is 1. The highest BCUT2D eigenvalue weighted by Crippen LogP contribution is 2.30. The van der Waals surface area contributed by atoms with E-state index in [4.69, 9.17) is 19.5 Å². The minimum Gasteiger partial charge on any atom is -0.490 e. The average molecular weight is 449 g/mol. The van der Waals surface area contributed by atoms with Gasteiger partial charge in [0.15, 0.2) is 17.3 Å². The van der Waals surface area contributed by atoms with Gasteiger partial charge < -0.3 is 24.9 Å². The van der Waals surface area contributed by atoms with Crippen LogP contribution in [0.25, 0.3) is 10.9 Å². The molecule has 33 heavy (non-hydrogen) atoms. The topological polar surface area (TPSA) is 91.2 Å². The number of hydrogen-bond acceptors (Lipinski definition) is 6. The van der Waals surface area contributed by atoms with Crippen LogP contribution in [0.4, 0.5) is 0 Å². The number of ether oxygens (including phenoxy) is 2. The lowest BCUT2D eigenvalue weighted by atomic mass is 10.0. The van der Waals surface area contributed by atoms with Crippen LogP contribution < -0.4 is 14.8 Å². The van der Waals surface area contributed by atoms with Gasteiger partial charge in [0.1, 0.15) is 0 Å². The zero-order chi connectivity index (χ0) is 23.4. The highest BCUT2D eigenvalue weighted by Gasteiger charge is 2.21. The number of aliphatic hydroxyl groups is 1. The number of amidine groups is 1. The van der Waals surface area contributed by atoms with Gasteiger partial charge in [-0.2, -0.15) is 0 Å². The second kappa shape index (κ2) is 9.77. The van der Waals surface area contributed by atoms with Gasteiger partial charge in [0.25, 0.3) is 0 Å². The van der Waals surface area contributed by atoms with Crippen molar-refractivity contribution in [2.45, 2.75) is 39.8 Å². The quantitative estimate of drug-likeness (QED) is 0.436. The fourth-order valence-corrected chi connectivity index (χ4v) is 3.85. The molecule has 0 atom stereocenters. The van der Waals surface area contributed by atoms with Crippen LogP contribution in [0, 0.1) is 0 Å². The van der Waals surface area contributed by atoms with Gasteiger partial charge in [-0.05, 0) is 57.5 Å². The Kier molecular flexibility index (Phi) is 6.81. The monoisotopic (exact) mass is 448 g/mol. The lowest BCUT2D eigenvalue weighted by Gasteiger charge is -2.23. The zero-order valence-corrected chi connectivity index (χ0v) is 19.7. The van der Waals surface area contributed by atoms with Crippen molar-refractivity contribution in [3.63, 3.8) is 0 Å². The molecule has 0 saturated carbocycles. The molecule has 2 heterocycles. The number of hydrogen-bond donors (Lipinski definition) is 3. The maximum absolute atomic E-state index is 9.58. The minimum atomic E-state index is -0.360. The van der Waals surface area contributed by atoms with E-state index in [2.05, 4.69) is 22.4 Å². The summed E-state index contributed by atoms with van der Waals surface area (Å²) < 4.78 is 11.5. The summed E-state index contributed by atoms with van der Waals surface area (Å²) in [6.07, 6.45) is 2.01. The standard InChI is InChI=1S/C26H32N4O3/c1-5-32-22-11-10-17(12-23(22)33-6-2)21-15-28-25(30-21)19-8-7-9-20-24(19)18(13-27-20)14-29-26(3,4)16-31/h7-13,27,29,31H,5-6,14-16H2,1-4H3. The van der Waals surface area contributed by atoms with E-state index in [1.165, 1.54) is 0 Å². The third-order valence-electron chi connectivity index (χ3n) is 5.68. The maximum atomic E-state index is 9.58. The summed E-state index contributed by atoms with van der Waals surface area (Å²) in [6, 6.07) is 12.1.